The van der Waals surface area contributed by atoms with Crippen molar-refractivity contribution in [3.8, 4) is 12.3 Å². The highest BCUT2D eigenvalue weighted by molar-refractivity contribution is 7.98. The molecule has 0 aliphatic heterocycles. The Morgan fingerprint density at radius 1 is 1.44 bits per heavy atom. The van der Waals surface area contributed by atoms with E-state index in [1.807, 2.05) is 18.4 Å². The molecular weight excluding hydrogens is 244 g/mol. The minimum atomic E-state index is 0.0409. The van der Waals surface area contributed by atoms with E-state index in [1.165, 1.54) is 4.90 Å². The summed E-state index contributed by atoms with van der Waals surface area (Å²) in [5, 5.41) is 2.89. The van der Waals surface area contributed by atoms with Crippen LogP contribution in [0.1, 0.15) is 5.56 Å². The van der Waals surface area contributed by atoms with Gasteiger partial charge < -0.3 is 4.90 Å². The van der Waals surface area contributed by atoms with Gasteiger partial charge in [0.1, 0.15) is 0 Å². The van der Waals surface area contributed by atoms with Gasteiger partial charge in [-0.3, -0.25) is 10.1 Å². The van der Waals surface area contributed by atoms with Crippen LogP contribution in [0.25, 0.3) is 0 Å². The molecule has 0 saturated heterocycles. The topological polar surface area (TPSA) is 32.3 Å². The Kier molecular flexibility index (Phi) is 6.34. The van der Waals surface area contributed by atoms with Crippen LogP contribution in [-0.2, 0) is 11.3 Å². The Labute approximate surface area is 113 Å². The molecule has 0 spiro atoms. The van der Waals surface area contributed by atoms with Crippen LogP contribution in [0.5, 0.6) is 0 Å². The van der Waals surface area contributed by atoms with Crippen molar-refractivity contribution in [2.24, 2.45) is 0 Å². The minimum Gasteiger partial charge on any atom is -0.340 e. The molecule has 18 heavy (non-hydrogen) atoms. The van der Waals surface area contributed by atoms with E-state index in [0.29, 0.717) is 13.1 Å². The zero-order valence-corrected chi connectivity index (χ0v) is 11.6. The molecule has 0 saturated carbocycles. The van der Waals surface area contributed by atoms with Crippen LogP contribution in [0.4, 0.5) is 0 Å². The van der Waals surface area contributed by atoms with Crippen molar-refractivity contribution < 1.29 is 4.79 Å². The maximum absolute atomic E-state index is 11.7. The van der Waals surface area contributed by atoms with Crippen molar-refractivity contribution in [3.05, 3.63) is 29.8 Å². The molecule has 0 unspecified atom stereocenters. The molecule has 0 aliphatic carbocycles. The van der Waals surface area contributed by atoms with Crippen molar-refractivity contribution in [2.75, 3.05) is 26.4 Å². The standard InChI is InChI=1S/C14H18N2OS/c1-4-9-15-10-14(17)16(2)11-12-5-7-13(18-3)8-6-12/h1,5-8,15H,9-11H2,2-3H3. The number of likely N-dealkylation sites (N-methyl/N-ethyl adjacent to an activating group) is 1. The molecule has 96 valence electrons. The fourth-order valence-corrected chi connectivity index (χ4v) is 1.88. The van der Waals surface area contributed by atoms with E-state index in [2.05, 4.69) is 23.4 Å². The normalized spacial score (nSPS) is 9.83. The van der Waals surface area contributed by atoms with Crippen LogP contribution in [0.2, 0.25) is 0 Å². The third-order valence-electron chi connectivity index (χ3n) is 2.51. The van der Waals surface area contributed by atoms with Gasteiger partial charge in [0.05, 0.1) is 13.1 Å². The van der Waals surface area contributed by atoms with Crippen LogP contribution in [0.15, 0.2) is 29.2 Å². The summed E-state index contributed by atoms with van der Waals surface area (Å²) in [6.07, 6.45) is 7.15. The number of thioether (sulfide) groups is 1. The summed E-state index contributed by atoms with van der Waals surface area (Å²) in [5.74, 6) is 2.48. The number of nitrogens with one attached hydrogen (secondary N) is 1. The van der Waals surface area contributed by atoms with E-state index in [1.54, 1.807) is 23.7 Å². The van der Waals surface area contributed by atoms with Crippen LogP contribution in [0, 0.1) is 12.3 Å². The first-order valence-corrected chi connectivity index (χ1v) is 6.91. The smallest absolute Gasteiger partial charge is 0.236 e. The zero-order chi connectivity index (χ0) is 13.4. The highest BCUT2D eigenvalue weighted by Gasteiger charge is 2.08. The molecule has 1 rings (SSSR count). The van der Waals surface area contributed by atoms with E-state index in [9.17, 15) is 4.79 Å². The predicted octanol–water partition coefficient (Wildman–Crippen LogP) is 1.59. The largest absolute Gasteiger partial charge is 0.340 e. The van der Waals surface area contributed by atoms with Gasteiger partial charge in [-0.1, -0.05) is 18.1 Å². The quantitative estimate of drug-likeness (QED) is 0.480. The second-order valence-electron chi connectivity index (χ2n) is 3.91. The third kappa shape index (κ3) is 4.82. The van der Waals surface area contributed by atoms with Crippen molar-refractivity contribution in [1.82, 2.24) is 10.2 Å². The first kappa shape index (κ1) is 14.6. The van der Waals surface area contributed by atoms with Crippen LogP contribution < -0.4 is 5.32 Å². The van der Waals surface area contributed by atoms with Crippen LogP contribution >= 0.6 is 11.8 Å². The number of hydrogen-bond acceptors (Lipinski definition) is 3. The molecule has 0 bridgehead atoms. The number of amides is 1. The fraction of sp³-hybridized carbons (Fsp3) is 0.357. The lowest BCUT2D eigenvalue weighted by atomic mass is 10.2. The summed E-state index contributed by atoms with van der Waals surface area (Å²) in [4.78, 5) is 14.7. The molecule has 0 aliphatic rings. The Hall–Kier alpha value is -1.44. The van der Waals surface area contributed by atoms with E-state index < -0.39 is 0 Å². The summed E-state index contributed by atoms with van der Waals surface area (Å²) in [6, 6.07) is 8.22. The van der Waals surface area contributed by atoms with Gasteiger partial charge in [-0.15, -0.1) is 18.2 Å². The first-order chi connectivity index (χ1) is 8.67. The van der Waals surface area contributed by atoms with Gasteiger partial charge >= 0.3 is 0 Å². The average Bonchev–Trinajstić information content (AvgIpc) is 2.39. The van der Waals surface area contributed by atoms with Gasteiger partial charge in [0.2, 0.25) is 5.91 Å². The lowest BCUT2D eigenvalue weighted by Gasteiger charge is -2.17. The Morgan fingerprint density at radius 3 is 2.67 bits per heavy atom. The fourth-order valence-electron chi connectivity index (χ4n) is 1.47. The molecular formula is C14H18N2OS. The van der Waals surface area contributed by atoms with Crippen LogP contribution in [-0.4, -0.2) is 37.2 Å². The second kappa shape index (κ2) is 7.80. The molecule has 0 fully saturated rings. The van der Waals surface area contributed by atoms with Gasteiger partial charge in [0.25, 0.3) is 0 Å². The molecule has 1 amide bonds. The summed E-state index contributed by atoms with van der Waals surface area (Å²) in [5.41, 5.74) is 1.13. The first-order valence-electron chi connectivity index (χ1n) is 5.68. The molecule has 0 heterocycles. The monoisotopic (exact) mass is 262 g/mol. The summed E-state index contributed by atoms with van der Waals surface area (Å²) < 4.78 is 0. The molecule has 1 aromatic carbocycles. The number of carbonyl (C=O) groups is 1. The zero-order valence-electron chi connectivity index (χ0n) is 10.8. The van der Waals surface area contributed by atoms with E-state index in [-0.39, 0.29) is 12.5 Å². The van der Waals surface area contributed by atoms with Gasteiger partial charge in [-0.25, -0.2) is 0 Å². The number of carbonyl (C=O) groups excluding carboxylic acids is 1. The van der Waals surface area contributed by atoms with Gasteiger partial charge in [0, 0.05) is 18.5 Å². The molecule has 3 nitrogen and oxygen atoms in total. The Bertz CT molecular complexity index is 422. The lowest BCUT2D eigenvalue weighted by molar-refractivity contribution is -0.129. The van der Waals surface area contributed by atoms with E-state index >= 15 is 0 Å². The number of hydrogen-bond donors (Lipinski definition) is 1. The average molecular weight is 262 g/mol. The molecule has 0 radical (unpaired) electrons. The molecule has 4 heteroatoms. The number of rotatable bonds is 6. The highest BCUT2D eigenvalue weighted by atomic mass is 32.2. The van der Waals surface area contributed by atoms with Gasteiger partial charge in [-0.05, 0) is 24.0 Å². The second-order valence-corrected chi connectivity index (χ2v) is 4.79. The van der Waals surface area contributed by atoms with Crippen LogP contribution in [0.3, 0.4) is 0 Å². The van der Waals surface area contributed by atoms with E-state index in [0.717, 1.165) is 5.56 Å². The summed E-state index contributed by atoms with van der Waals surface area (Å²) >= 11 is 1.71. The van der Waals surface area contributed by atoms with E-state index in [4.69, 9.17) is 6.42 Å². The number of terminal acetylenes is 1. The lowest BCUT2D eigenvalue weighted by Crippen LogP contribution is -2.35. The van der Waals surface area contributed by atoms with Gasteiger partial charge in [0.15, 0.2) is 0 Å². The van der Waals surface area contributed by atoms with Crippen molar-refractivity contribution in [3.63, 3.8) is 0 Å². The van der Waals surface area contributed by atoms with Crippen molar-refractivity contribution >= 4 is 17.7 Å². The molecule has 0 aromatic heterocycles. The predicted molar refractivity (Wildman–Crippen MR) is 76.4 cm³/mol. The number of benzene rings is 1. The molecule has 0 atom stereocenters. The molecule has 1 aromatic rings. The Balaban J connectivity index is 2.45. The minimum absolute atomic E-state index is 0.0409. The van der Waals surface area contributed by atoms with Crippen molar-refractivity contribution in [1.29, 1.82) is 0 Å². The summed E-state index contributed by atoms with van der Waals surface area (Å²) in [7, 11) is 1.79. The number of nitrogens with zero attached hydrogens (tertiary/aromatic N) is 1. The highest BCUT2D eigenvalue weighted by Crippen LogP contribution is 2.15. The molecule has 1 N–H and O–H groups in total. The third-order valence-corrected chi connectivity index (χ3v) is 3.25. The maximum atomic E-state index is 11.7. The van der Waals surface area contributed by atoms with Gasteiger partial charge in [-0.2, -0.15) is 0 Å². The maximum Gasteiger partial charge on any atom is 0.236 e. The SMILES string of the molecule is C#CCNCC(=O)N(C)Cc1ccc(SC)cc1. The summed E-state index contributed by atoms with van der Waals surface area (Å²) in [6.45, 7) is 1.32. The Morgan fingerprint density at radius 2 is 2.11 bits per heavy atom. The van der Waals surface area contributed by atoms with Crippen molar-refractivity contribution in [2.45, 2.75) is 11.4 Å².